The van der Waals surface area contributed by atoms with E-state index < -0.39 is 0 Å². The van der Waals surface area contributed by atoms with Crippen LogP contribution in [0.25, 0.3) is 0 Å². The van der Waals surface area contributed by atoms with Gasteiger partial charge in [-0.2, -0.15) is 0 Å². The van der Waals surface area contributed by atoms with Gasteiger partial charge in [0.05, 0.1) is 6.10 Å². The molecule has 0 spiro atoms. The van der Waals surface area contributed by atoms with Crippen molar-refractivity contribution in [3.8, 4) is 0 Å². The third kappa shape index (κ3) is 3.45. The Labute approximate surface area is 114 Å². The smallest absolute Gasteiger partial charge is 0.0593 e. The van der Waals surface area contributed by atoms with Crippen molar-refractivity contribution in [3.05, 3.63) is 34.3 Å². The van der Waals surface area contributed by atoms with E-state index in [1.165, 1.54) is 12.8 Å². The molecule has 0 amide bonds. The van der Waals surface area contributed by atoms with Crippen molar-refractivity contribution in [3.63, 3.8) is 0 Å². The largest absolute Gasteiger partial charge is 0.378 e. The standard InChI is InChI=1S/C14H21ClN2O/c1-10-5-6-11(8-13(10)15)14(17-16)9-12-4-2-3-7-18-12/h5-6,8,12,14,17H,2-4,7,9,16H2,1H3. The fraction of sp³-hybridized carbons (Fsp3) is 0.571. The summed E-state index contributed by atoms with van der Waals surface area (Å²) in [5.41, 5.74) is 5.09. The average molecular weight is 269 g/mol. The summed E-state index contributed by atoms with van der Waals surface area (Å²) in [6.45, 7) is 2.87. The van der Waals surface area contributed by atoms with E-state index in [0.29, 0.717) is 6.10 Å². The lowest BCUT2D eigenvalue weighted by Gasteiger charge is -2.27. The van der Waals surface area contributed by atoms with Crippen molar-refractivity contribution in [1.29, 1.82) is 0 Å². The van der Waals surface area contributed by atoms with Crippen LogP contribution in [0.1, 0.15) is 42.9 Å². The first kappa shape index (κ1) is 13.8. The van der Waals surface area contributed by atoms with Gasteiger partial charge in [-0.3, -0.25) is 11.3 Å². The zero-order chi connectivity index (χ0) is 13.0. The van der Waals surface area contributed by atoms with Gasteiger partial charge in [-0.1, -0.05) is 23.7 Å². The highest BCUT2D eigenvalue weighted by Crippen LogP contribution is 2.27. The zero-order valence-corrected chi connectivity index (χ0v) is 11.5. The van der Waals surface area contributed by atoms with Gasteiger partial charge in [0.15, 0.2) is 0 Å². The molecule has 1 saturated heterocycles. The highest BCUT2D eigenvalue weighted by Gasteiger charge is 2.20. The molecule has 1 aliphatic heterocycles. The van der Waals surface area contributed by atoms with Gasteiger partial charge in [0, 0.05) is 17.7 Å². The molecule has 3 nitrogen and oxygen atoms in total. The summed E-state index contributed by atoms with van der Waals surface area (Å²) in [5.74, 6) is 5.66. The topological polar surface area (TPSA) is 47.3 Å². The maximum Gasteiger partial charge on any atom is 0.0593 e. The first-order valence-corrected chi connectivity index (χ1v) is 6.92. The Bertz CT molecular complexity index is 391. The predicted octanol–water partition coefficient (Wildman–Crippen LogP) is 3.11. The summed E-state index contributed by atoms with van der Waals surface area (Å²) in [6, 6.07) is 6.20. The molecular weight excluding hydrogens is 248 g/mol. The first-order chi connectivity index (χ1) is 8.70. The van der Waals surface area contributed by atoms with Crippen molar-refractivity contribution in [2.24, 2.45) is 5.84 Å². The van der Waals surface area contributed by atoms with Crippen LogP contribution in [-0.4, -0.2) is 12.7 Å². The Morgan fingerprint density at radius 1 is 1.50 bits per heavy atom. The Morgan fingerprint density at radius 2 is 2.33 bits per heavy atom. The lowest BCUT2D eigenvalue weighted by molar-refractivity contribution is 0.00502. The molecule has 0 radical (unpaired) electrons. The number of hydrogen-bond acceptors (Lipinski definition) is 3. The van der Waals surface area contributed by atoms with Gasteiger partial charge >= 0.3 is 0 Å². The minimum atomic E-state index is 0.103. The Hall–Kier alpha value is -0.610. The van der Waals surface area contributed by atoms with E-state index >= 15 is 0 Å². The number of halogens is 1. The van der Waals surface area contributed by atoms with E-state index in [1.54, 1.807) is 0 Å². The molecule has 0 bridgehead atoms. The monoisotopic (exact) mass is 268 g/mol. The number of hydrogen-bond donors (Lipinski definition) is 2. The second kappa shape index (κ2) is 6.53. The van der Waals surface area contributed by atoms with E-state index in [0.717, 1.165) is 35.6 Å². The van der Waals surface area contributed by atoms with Crippen molar-refractivity contribution >= 4 is 11.6 Å². The molecule has 2 unspecified atom stereocenters. The summed E-state index contributed by atoms with van der Waals surface area (Å²) in [7, 11) is 0. The van der Waals surface area contributed by atoms with Crippen molar-refractivity contribution in [2.45, 2.75) is 44.8 Å². The van der Waals surface area contributed by atoms with Crippen LogP contribution in [0, 0.1) is 6.92 Å². The molecule has 100 valence electrons. The molecule has 2 rings (SSSR count). The van der Waals surface area contributed by atoms with Crippen LogP contribution in [0.2, 0.25) is 5.02 Å². The molecule has 1 heterocycles. The molecule has 1 aromatic rings. The maximum absolute atomic E-state index is 6.16. The number of aryl methyl sites for hydroxylation is 1. The van der Waals surface area contributed by atoms with Crippen molar-refractivity contribution in [2.75, 3.05) is 6.61 Å². The van der Waals surface area contributed by atoms with Gasteiger partial charge in [0.1, 0.15) is 0 Å². The van der Waals surface area contributed by atoms with Crippen LogP contribution in [0.4, 0.5) is 0 Å². The lowest BCUT2D eigenvalue weighted by atomic mass is 9.96. The lowest BCUT2D eigenvalue weighted by Crippen LogP contribution is -2.32. The van der Waals surface area contributed by atoms with Gasteiger partial charge < -0.3 is 4.74 Å². The molecule has 0 aromatic heterocycles. The van der Waals surface area contributed by atoms with Gasteiger partial charge in [-0.25, -0.2) is 0 Å². The van der Waals surface area contributed by atoms with Crippen LogP contribution in [0.15, 0.2) is 18.2 Å². The molecule has 0 saturated carbocycles. The molecule has 1 aromatic carbocycles. The fourth-order valence-corrected chi connectivity index (χ4v) is 2.57. The predicted molar refractivity (Wildman–Crippen MR) is 74.5 cm³/mol. The van der Waals surface area contributed by atoms with Gasteiger partial charge in [0.25, 0.3) is 0 Å². The fourth-order valence-electron chi connectivity index (χ4n) is 2.38. The normalized spacial score (nSPS) is 21.8. The number of hydrazine groups is 1. The van der Waals surface area contributed by atoms with E-state index in [9.17, 15) is 0 Å². The van der Waals surface area contributed by atoms with Gasteiger partial charge in [0.2, 0.25) is 0 Å². The van der Waals surface area contributed by atoms with E-state index in [2.05, 4.69) is 11.5 Å². The number of nitrogens with one attached hydrogen (secondary N) is 1. The third-order valence-electron chi connectivity index (χ3n) is 3.57. The first-order valence-electron chi connectivity index (χ1n) is 6.54. The second-order valence-electron chi connectivity index (χ2n) is 4.95. The molecule has 3 N–H and O–H groups in total. The average Bonchev–Trinajstić information content (AvgIpc) is 2.40. The van der Waals surface area contributed by atoms with E-state index in [1.807, 2.05) is 19.1 Å². The number of rotatable bonds is 4. The Morgan fingerprint density at radius 3 is 2.94 bits per heavy atom. The number of benzene rings is 1. The van der Waals surface area contributed by atoms with Crippen LogP contribution in [0.5, 0.6) is 0 Å². The number of nitrogens with two attached hydrogens (primary N) is 1. The van der Waals surface area contributed by atoms with E-state index in [-0.39, 0.29) is 6.04 Å². The van der Waals surface area contributed by atoms with Crippen LogP contribution < -0.4 is 11.3 Å². The van der Waals surface area contributed by atoms with Crippen molar-refractivity contribution in [1.82, 2.24) is 5.43 Å². The summed E-state index contributed by atoms with van der Waals surface area (Å²) >= 11 is 6.16. The molecule has 4 heteroatoms. The molecule has 2 atom stereocenters. The van der Waals surface area contributed by atoms with Gasteiger partial charge in [-0.15, -0.1) is 0 Å². The quantitative estimate of drug-likeness (QED) is 0.652. The van der Waals surface area contributed by atoms with Gasteiger partial charge in [-0.05, 0) is 49.8 Å². The number of ether oxygens (including phenoxy) is 1. The summed E-state index contributed by atoms with van der Waals surface area (Å²) in [6.07, 6.45) is 4.75. The summed E-state index contributed by atoms with van der Waals surface area (Å²) < 4.78 is 5.76. The Kier molecular flexibility index (Phi) is 5.01. The zero-order valence-electron chi connectivity index (χ0n) is 10.8. The van der Waals surface area contributed by atoms with Crippen molar-refractivity contribution < 1.29 is 4.74 Å². The highest BCUT2D eigenvalue weighted by atomic mass is 35.5. The van der Waals surface area contributed by atoms with Crippen LogP contribution >= 0.6 is 11.6 Å². The Balaban J connectivity index is 2.04. The molecule has 1 fully saturated rings. The SMILES string of the molecule is Cc1ccc(C(CC2CCCCO2)NN)cc1Cl. The maximum atomic E-state index is 6.16. The second-order valence-corrected chi connectivity index (χ2v) is 5.36. The molecule has 18 heavy (non-hydrogen) atoms. The molecule has 1 aliphatic rings. The third-order valence-corrected chi connectivity index (χ3v) is 3.98. The van der Waals surface area contributed by atoms with Crippen LogP contribution in [-0.2, 0) is 4.74 Å². The highest BCUT2D eigenvalue weighted by molar-refractivity contribution is 6.31. The minimum Gasteiger partial charge on any atom is -0.378 e. The molecular formula is C14H21ClN2O. The summed E-state index contributed by atoms with van der Waals surface area (Å²) in [4.78, 5) is 0. The van der Waals surface area contributed by atoms with Crippen LogP contribution in [0.3, 0.4) is 0 Å². The molecule has 0 aliphatic carbocycles. The minimum absolute atomic E-state index is 0.103. The van der Waals surface area contributed by atoms with E-state index in [4.69, 9.17) is 22.2 Å². The summed E-state index contributed by atoms with van der Waals surface area (Å²) in [5, 5.41) is 0.789.